The third kappa shape index (κ3) is 4.12. The van der Waals surface area contributed by atoms with Crippen molar-refractivity contribution in [2.75, 3.05) is 26.8 Å². The molecule has 3 rings (SSSR count). The molecule has 0 unspecified atom stereocenters. The Hall–Kier alpha value is -2.52. The number of carbonyl (C=O) groups excluding carboxylic acids is 2. The molecule has 134 valence electrons. The molecule has 2 N–H and O–H groups in total. The number of methoxy groups -OCH3 is 1. The van der Waals surface area contributed by atoms with Gasteiger partial charge in [-0.05, 0) is 18.6 Å². The lowest BCUT2D eigenvalue weighted by molar-refractivity contribution is -0.139. The highest BCUT2D eigenvalue weighted by molar-refractivity contribution is 5.78. The molecule has 0 radical (unpaired) electrons. The van der Waals surface area contributed by atoms with Crippen molar-refractivity contribution >= 4 is 22.8 Å². The summed E-state index contributed by atoms with van der Waals surface area (Å²) in [4.78, 5) is 26.9. The van der Waals surface area contributed by atoms with E-state index in [2.05, 4.69) is 15.5 Å². The number of ether oxygens (including phenoxy) is 1. The predicted molar refractivity (Wildman–Crippen MR) is 88.5 cm³/mol. The number of rotatable bonds is 5. The van der Waals surface area contributed by atoms with Gasteiger partial charge in [0.25, 0.3) is 0 Å². The molecule has 1 saturated heterocycles. The average molecular weight is 347 g/mol. The summed E-state index contributed by atoms with van der Waals surface area (Å²) in [5.74, 6) is -0.445. The number of piperidine rings is 1. The minimum Gasteiger partial charge on any atom is -0.389 e. The number of aromatic nitrogens is 3. The molecule has 9 nitrogen and oxygen atoms in total. The lowest BCUT2D eigenvalue weighted by atomic mass is 10.0. The quantitative estimate of drug-likeness (QED) is 0.730. The van der Waals surface area contributed by atoms with E-state index in [9.17, 15) is 14.7 Å². The summed E-state index contributed by atoms with van der Waals surface area (Å²) in [6.07, 6.45) is -0.334. The molecule has 1 aromatic carbocycles. The molecule has 1 fully saturated rings. The van der Waals surface area contributed by atoms with Gasteiger partial charge >= 0.3 is 0 Å². The number of amides is 2. The lowest BCUT2D eigenvalue weighted by Gasteiger charge is -2.36. The van der Waals surface area contributed by atoms with E-state index in [0.717, 1.165) is 11.0 Å². The van der Waals surface area contributed by atoms with Crippen LogP contribution in [0.3, 0.4) is 0 Å². The molecule has 0 aliphatic carbocycles. The van der Waals surface area contributed by atoms with Gasteiger partial charge in [0.05, 0.1) is 12.1 Å². The zero-order valence-corrected chi connectivity index (χ0v) is 14.0. The van der Waals surface area contributed by atoms with Crippen LogP contribution in [-0.2, 0) is 20.9 Å². The standard InChI is InChI=1S/C16H21N5O4/c1-25-10-16(24)20-7-6-13(14(22)8-20)17-15(23)9-21-18-11-4-2-3-5-12(11)19-21/h2-5,13-14,22H,6-10H2,1H3,(H,17,23)/t13-,14-/m1/s1. The fourth-order valence-corrected chi connectivity index (χ4v) is 2.90. The van der Waals surface area contributed by atoms with E-state index in [1.54, 1.807) is 4.90 Å². The smallest absolute Gasteiger partial charge is 0.248 e. The van der Waals surface area contributed by atoms with E-state index in [1.807, 2.05) is 24.3 Å². The van der Waals surface area contributed by atoms with Gasteiger partial charge in [0.1, 0.15) is 24.2 Å². The molecule has 1 aromatic heterocycles. The van der Waals surface area contributed by atoms with Gasteiger partial charge in [-0.3, -0.25) is 9.59 Å². The Bertz CT molecular complexity index is 729. The Morgan fingerprint density at radius 2 is 2.00 bits per heavy atom. The lowest BCUT2D eigenvalue weighted by Crippen LogP contribution is -2.56. The normalized spacial score (nSPS) is 20.6. The van der Waals surface area contributed by atoms with Crippen LogP contribution in [0.25, 0.3) is 11.0 Å². The summed E-state index contributed by atoms with van der Waals surface area (Å²) in [5, 5.41) is 21.5. The minimum absolute atomic E-state index is 0.0116. The molecule has 2 atom stereocenters. The number of nitrogens with one attached hydrogen (secondary N) is 1. The minimum atomic E-state index is -0.817. The van der Waals surface area contributed by atoms with E-state index in [4.69, 9.17) is 4.74 Å². The molecule has 2 heterocycles. The van der Waals surface area contributed by atoms with Gasteiger partial charge in [0.2, 0.25) is 11.8 Å². The highest BCUT2D eigenvalue weighted by atomic mass is 16.5. The Balaban J connectivity index is 1.53. The number of fused-ring (bicyclic) bond motifs is 1. The first-order valence-corrected chi connectivity index (χ1v) is 8.11. The van der Waals surface area contributed by atoms with Gasteiger partial charge in [0.15, 0.2) is 0 Å². The number of carbonyl (C=O) groups is 2. The predicted octanol–water partition coefficient (Wildman–Crippen LogP) is -0.844. The number of benzene rings is 1. The zero-order chi connectivity index (χ0) is 17.8. The SMILES string of the molecule is COCC(=O)N1CC[C@@H](NC(=O)Cn2nc3ccccc3n2)[C@H](O)C1. The maximum Gasteiger partial charge on any atom is 0.248 e. The van der Waals surface area contributed by atoms with Crippen LogP contribution < -0.4 is 5.32 Å². The van der Waals surface area contributed by atoms with Crippen molar-refractivity contribution in [3.05, 3.63) is 24.3 Å². The number of hydrogen-bond donors (Lipinski definition) is 2. The molecular formula is C16H21N5O4. The summed E-state index contributed by atoms with van der Waals surface area (Å²) in [6.45, 7) is 0.609. The van der Waals surface area contributed by atoms with Crippen LogP contribution in [0.1, 0.15) is 6.42 Å². The zero-order valence-electron chi connectivity index (χ0n) is 14.0. The Labute approximate surface area is 144 Å². The van der Waals surface area contributed by atoms with Crippen molar-refractivity contribution in [3.63, 3.8) is 0 Å². The first kappa shape index (κ1) is 17.3. The van der Waals surface area contributed by atoms with Crippen molar-refractivity contribution in [1.29, 1.82) is 0 Å². The summed E-state index contributed by atoms with van der Waals surface area (Å²) in [7, 11) is 1.45. The second-order valence-electron chi connectivity index (χ2n) is 6.02. The fraction of sp³-hybridized carbons (Fsp3) is 0.500. The highest BCUT2D eigenvalue weighted by Gasteiger charge is 2.31. The number of hydrogen-bond acceptors (Lipinski definition) is 6. The second-order valence-corrected chi connectivity index (χ2v) is 6.02. The van der Waals surface area contributed by atoms with Crippen LogP contribution in [0.2, 0.25) is 0 Å². The second kappa shape index (κ2) is 7.58. The van der Waals surface area contributed by atoms with Gasteiger partial charge in [-0.25, -0.2) is 0 Å². The Morgan fingerprint density at radius 3 is 2.60 bits per heavy atom. The number of nitrogens with zero attached hydrogens (tertiary/aromatic N) is 4. The van der Waals surface area contributed by atoms with Crippen LogP contribution >= 0.6 is 0 Å². The van der Waals surface area contributed by atoms with Crippen LogP contribution in [0.15, 0.2) is 24.3 Å². The maximum absolute atomic E-state index is 12.2. The molecule has 2 amide bonds. The summed E-state index contributed by atoms with van der Waals surface area (Å²) in [5.41, 5.74) is 1.44. The largest absolute Gasteiger partial charge is 0.389 e. The Kier molecular flexibility index (Phi) is 5.25. The molecule has 1 aliphatic rings. The Morgan fingerprint density at radius 1 is 1.32 bits per heavy atom. The van der Waals surface area contributed by atoms with Crippen molar-refractivity contribution in [3.8, 4) is 0 Å². The summed E-state index contributed by atoms with van der Waals surface area (Å²) >= 11 is 0. The molecule has 0 saturated carbocycles. The van der Waals surface area contributed by atoms with Crippen molar-refractivity contribution in [1.82, 2.24) is 25.2 Å². The van der Waals surface area contributed by atoms with Crippen LogP contribution in [0.4, 0.5) is 0 Å². The topological polar surface area (TPSA) is 110 Å². The van der Waals surface area contributed by atoms with E-state index >= 15 is 0 Å². The monoisotopic (exact) mass is 347 g/mol. The van der Waals surface area contributed by atoms with Gasteiger partial charge in [-0.15, -0.1) is 0 Å². The van der Waals surface area contributed by atoms with Gasteiger partial charge in [-0.2, -0.15) is 15.0 Å². The van der Waals surface area contributed by atoms with E-state index < -0.39 is 12.1 Å². The highest BCUT2D eigenvalue weighted by Crippen LogP contribution is 2.12. The maximum atomic E-state index is 12.2. The van der Waals surface area contributed by atoms with E-state index in [0.29, 0.717) is 13.0 Å². The molecule has 2 aromatic rings. The summed E-state index contributed by atoms with van der Waals surface area (Å²) in [6, 6.07) is 6.97. The molecular weight excluding hydrogens is 326 g/mol. The van der Waals surface area contributed by atoms with E-state index in [1.165, 1.54) is 11.9 Å². The van der Waals surface area contributed by atoms with Crippen LogP contribution in [0.5, 0.6) is 0 Å². The van der Waals surface area contributed by atoms with Crippen LogP contribution in [0, 0.1) is 0 Å². The number of likely N-dealkylation sites (tertiary alicyclic amines) is 1. The number of β-amino-alcohol motifs (C(OH)–C–C–N with tert-alkyl or cyclic N) is 1. The molecule has 9 heteroatoms. The van der Waals surface area contributed by atoms with Crippen molar-refractivity contribution < 1.29 is 19.4 Å². The van der Waals surface area contributed by atoms with Gasteiger partial charge in [0, 0.05) is 20.2 Å². The fourth-order valence-electron chi connectivity index (χ4n) is 2.90. The summed E-state index contributed by atoms with van der Waals surface area (Å²) < 4.78 is 4.82. The third-order valence-electron chi connectivity index (χ3n) is 4.16. The first-order chi connectivity index (χ1) is 12.1. The van der Waals surface area contributed by atoms with Crippen LogP contribution in [-0.4, -0.2) is 75.8 Å². The van der Waals surface area contributed by atoms with Gasteiger partial charge < -0.3 is 20.1 Å². The molecule has 25 heavy (non-hydrogen) atoms. The van der Waals surface area contributed by atoms with Gasteiger partial charge in [-0.1, -0.05) is 12.1 Å². The van der Waals surface area contributed by atoms with Crippen molar-refractivity contribution in [2.24, 2.45) is 0 Å². The molecule has 1 aliphatic heterocycles. The molecule has 0 bridgehead atoms. The first-order valence-electron chi connectivity index (χ1n) is 8.11. The molecule has 0 spiro atoms. The van der Waals surface area contributed by atoms with E-state index in [-0.39, 0.29) is 31.5 Å². The number of aliphatic hydroxyl groups is 1. The third-order valence-corrected chi connectivity index (χ3v) is 4.16. The number of aliphatic hydroxyl groups excluding tert-OH is 1. The van der Waals surface area contributed by atoms with Crippen molar-refractivity contribution in [2.45, 2.75) is 25.1 Å². The average Bonchev–Trinajstić information content (AvgIpc) is 2.98.